The molecule has 2 N–H and O–H groups in total. The lowest BCUT2D eigenvalue weighted by molar-refractivity contribution is -0.145. The van der Waals surface area contributed by atoms with E-state index in [0.717, 1.165) is 36.0 Å². The monoisotopic (exact) mass is 478 g/mol. The normalized spacial score (nSPS) is 21.4. The van der Waals surface area contributed by atoms with Crippen LogP contribution in [-0.2, 0) is 4.79 Å². The Kier molecular flexibility index (Phi) is 7.22. The third kappa shape index (κ3) is 5.37. The van der Waals surface area contributed by atoms with Crippen LogP contribution in [-0.4, -0.2) is 63.3 Å². The standard InChI is InChI=1S/C29H38N2O4/c1-28(2,3)24-20-30(18-19-31(24)27(33)34)26(32)25(29(35)16-8-5-9-17-29)23-14-12-22(13-15-23)21-10-6-4-7-11-21/h4,6-7,10-15,24-25,35H,5,8-9,16-20H2,1-3H3,(H,33,34). The average molecular weight is 479 g/mol. The van der Waals surface area contributed by atoms with Gasteiger partial charge in [0.2, 0.25) is 5.91 Å². The minimum Gasteiger partial charge on any atom is -0.465 e. The van der Waals surface area contributed by atoms with E-state index in [9.17, 15) is 19.8 Å². The van der Waals surface area contributed by atoms with Crippen LogP contribution in [0.4, 0.5) is 4.79 Å². The summed E-state index contributed by atoms with van der Waals surface area (Å²) in [5.41, 5.74) is 1.60. The van der Waals surface area contributed by atoms with Gasteiger partial charge in [-0.05, 0) is 34.9 Å². The van der Waals surface area contributed by atoms with E-state index in [0.29, 0.717) is 25.9 Å². The van der Waals surface area contributed by atoms with Gasteiger partial charge in [-0.3, -0.25) is 4.79 Å². The van der Waals surface area contributed by atoms with Crippen molar-refractivity contribution in [1.29, 1.82) is 0 Å². The molecule has 1 aliphatic heterocycles. The smallest absolute Gasteiger partial charge is 0.407 e. The van der Waals surface area contributed by atoms with Crippen molar-refractivity contribution in [2.45, 2.75) is 70.4 Å². The van der Waals surface area contributed by atoms with Gasteiger partial charge in [0.15, 0.2) is 0 Å². The Hall–Kier alpha value is -2.86. The van der Waals surface area contributed by atoms with Gasteiger partial charge in [0.1, 0.15) is 0 Å². The molecular weight excluding hydrogens is 440 g/mol. The van der Waals surface area contributed by atoms with E-state index in [2.05, 4.69) is 12.1 Å². The number of aliphatic hydroxyl groups is 1. The molecule has 2 atom stereocenters. The van der Waals surface area contributed by atoms with E-state index in [1.807, 2.05) is 63.2 Å². The van der Waals surface area contributed by atoms with Crippen LogP contribution in [0.2, 0.25) is 0 Å². The Labute approximate surface area is 208 Å². The van der Waals surface area contributed by atoms with E-state index in [1.165, 1.54) is 4.90 Å². The Morgan fingerprint density at radius 3 is 2.09 bits per heavy atom. The minimum absolute atomic E-state index is 0.0962. The third-order valence-corrected chi connectivity index (χ3v) is 7.79. The van der Waals surface area contributed by atoms with Gasteiger partial charge in [0.05, 0.1) is 17.6 Å². The van der Waals surface area contributed by atoms with Crippen LogP contribution in [0.25, 0.3) is 11.1 Å². The summed E-state index contributed by atoms with van der Waals surface area (Å²) in [7, 11) is 0. The highest BCUT2D eigenvalue weighted by molar-refractivity contribution is 5.86. The van der Waals surface area contributed by atoms with Crippen molar-refractivity contribution < 1.29 is 19.8 Å². The molecule has 0 bridgehead atoms. The molecule has 0 aromatic heterocycles. The van der Waals surface area contributed by atoms with Gasteiger partial charge < -0.3 is 20.0 Å². The number of nitrogens with zero attached hydrogens (tertiary/aromatic N) is 2. The molecular formula is C29H38N2O4. The molecule has 6 heteroatoms. The van der Waals surface area contributed by atoms with E-state index < -0.39 is 17.6 Å². The molecule has 1 heterocycles. The first-order valence-corrected chi connectivity index (χ1v) is 12.8. The average Bonchev–Trinajstić information content (AvgIpc) is 2.84. The molecule has 1 saturated carbocycles. The van der Waals surface area contributed by atoms with Crippen molar-refractivity contribution in [2.24, 2.45) is 5.41 Å². The maximum absolute atomic E-state index is 14.1. The molecule has 2 fully saturated rings. The van der Waals surface area contributed by atoms with Crippen LogP contribution in [0.1, 0.15) is 64.4 Å². The van der Waals surface area contributed by atoms with Gasteiger partial charge in [-0.25, -0.2) is 4.79 Å². The van der Waals surface area contributed by atoms with Crippen molar-refractivity contribution in [3.05, 3.63) is 60.2 Å². The predicted molar refractivity (Wildman–Crippen MR) is 137 cm³/mol. The molecule has 2 aliphatic rings. The molecule has 2 aromatic rings. The number of carbonyl (C=O) groups is 2. The zero-order chi connectivity index (χ0) is 25.2. The first-order valence-electron chi connectivity index (χ1n) is 12.8. The Bertz CT molecular complexity index is 1020. The van der Waals surface area contributed by atoms with Crippen molar-refractivity contribution in [3.8, 4) is 11.1 Å². The lowest BCUT2D eigenvalue weighted by Crippen LogP contribution is -2.62. The number of amides is 2. The van der Waals surface area contributed by atoms with Gasteiger partial charge in [-0.2, -0.15) is 0 Å². The molecule has 2 amide bonds. The highest BCUT2D eigenvalue weighted by Gasteiger charge is 2.47. The fourth-order valence-corrected chi connectivity index (χ4v) is 5.77. The molecule has 0 spiro atoms. The van der Waals surface area contributed by atoms with Crippen LogP contribution >= 0.6 is 0 Å². The first-order chi connectivity index (χ1) is 16.6. The maximum Gasteiger partial charge on any atom is 0.407 e. The fourth-order valence-electron chi connectivity index (χ4n) is 5.77. The number of carboxylic acid groups (broad SMARTS) is 1. The van der Waals surface area contributed by atoms with E-state index in [4.69, 9.17) is 0 Å². The second kappa shape index (κ2) is 10.0. The largest absolute Gasteiger partial charge is 0.465 e. The lowest BCUT2D eigenvalue weighted by Gasteiger charge is -2.48. The fraction of sp³-hybridized carbons (Fsp3) is 0.517. The number of benzene rings is 2. The summed E-state index contributed by atoms with van der Waals surface area (Å²) in [6.07, 6.45) is 3.12. The van der Waals surface area contributed by atoms with Gasteiger partial charge in [-0.1, -0.05) is 94.6 Å². The summed E-state index contributed by atoms with van der Waals surface area (Å²) in [6.45, 7) is 6.99. The van der Waals surface area contributed by atoms with Crippen molar-refractivity contribution in [1.82, 2.24) is 9.80 Å². The molecule has 6 nitrogen and oxygen atoms in total. The van der Waals surface area contributed by atoms with Crippen LogP contribution in [0, 0.1) is 5.41 Å². The highest BCUT2D eigenvalue weighted by atomic mass is 16.4. The summed E-state index contributed by atoms with van der Waals surface area (Å²) in [5, 5.41) is 21.5. The van der Waals surface area contributed by atoms with E-state index in [-0.39, 0.29) is 23.9 Å². The van der Waals surface area contributed by atoms with Crippen molar-refractivity contribution in [2.75, 3.05) is 19.6 Å². The molecule has 1 aliphatic carbocycles. The summed E-state index contributed by atoms with van der Waals surface area (Å²) >= 11 is 0. The van der Waals surface area contributed by atoms with Gasteiger partial charge >= 0.3 is 6.09 Å². The first kappa shape index (κ1) is 25.2. The summed E-state index contributed by atoms with van der Waals surface area (Å²) in [6, 6.07) is 17.8. The SMILES string of the molecule is CC(C)(C)C1CN(C(=O)C(c2ccc(-c3ccccc3)cc2)C2(O)CCCCC2)CCN1C(=O)O. The summed E-state index contributed by atoms with van der Waals surface area (Å²) in [5.74, 6) is -0.759. The molecule has 2 unspecified atom stereocenters. The molecule has 188 valence electrons. The predicted octanol–water partition coefficient (Wildman–Crippen LogP) is 5.37. The molecule has 1 saturated heterocycles. The Morgan fingerprint density at radius 2 is 1.51 bits per heavy atom. The van der Waals surface area contributed by atoms with Crippen LogP contribution in [0.5, 0.6) is 0 Å². The summed E-state index contributed by atoms with van der Waals surface area (Å²) < 4.78 is 0. The van der Waals surface area contributed by atoms with Crippen LogP contribution < -0.4 is 0 Å². The number of hydrogen-bond donors (Lipinski definition) is 2. The van der Waals surface area contributed by atoms with Crippen LogP contribution in [0.15, 0.2) is 54.6 Å². The molecule has 4 rings (SSSR count). The zero-order valence-electron chi connectivity index (χ0n) is 21.1. The van der Waals surface area contributed by atoms with E-state index in [1.54, 1.807) is 4.90 Å². The third-order valence-electron chi connectivity index (χ3n) is 7.79. The molecule has 2 aromatic carbocycles. The summed E-state index contributed by atoms with van der Waals surface area (Å²) in [4.78, 5) is 29.2. The number of hydrogen-bond acceptors (Lipinski definition) is 3. The van der Waals surface area contributed by atoms with Gasteiger partial charge in [0.25, 0.3) is 0 Å². The second-order valence-corrected chi connectivity index (χ2v) is 11.2. The number of carbonyl (C=O) groups excluding carboxylic acids is 1. The number of piperazine rings is 1. The maximum atomic E-state index is 14.1. The Balaban J connectivity index is 1.66. The molecule has 35 heavy (non-hydrogen) atoms. The van der Waals surface area contributed by atoms with Gasteiger partial charge in [0, 0.05) is 19.6 Å². The van der Waals surface area contributed by atoms with Crippen LogP contribution in [0.3, 0.4) is 0 Å². The lowest BCUT2D eigenvalue weighted by atomic mass is 9.71. The quantitative estimate of drug-likeness (QED) is 0.619. The highest BCUT2D eigenvalue weighted by Crippen LogP contribution is 2.42. The van der Waals surface area contributed by atoms with Crippen molar-refractivity contribution in [3.63, 3.8) is 0 Å². The Morgan fingerprint density at radius 1 is 0.914 bits per heavy atom. The topological polar surface area (TPSA) is 81.1 Å². The van der Waals surface area contributed by atoms with E-state index >= 15 is 0 Å². The zero-order valence-corrected chi connectivity index (χ0v) is 21.1. The van der Waals surface area contributed by atoms with Crippen molar-refractivity contribution >= 4 is 12.0 Å². The second-order valence-electron chi connectivity index (χ2n) is 11.2. The van der Waals surface area contributed by atoms with Gasteiger partial charge in [-0.15, -0.1) is 0 Å². The minimum atomic E-state index is -1.09. The number of rotatable bonds is 4. The molecule has 0 radical (unpaired) electrons.